The van der Waals surface area contributed by atoms with Crippen LogP contribution in [0.1, 0.15) is 16.1 Å². The smallest absolute Gasteiger partial charge is 0.159 e. The molecule has 0 aliphatic carbocycles. The fourth-order valence-corrected chi connectivity index (χ4v) is 4.43. The van der Waals surface area contributed by atoms with E-state index in [1.807, 2.05) is 30.5 Å². The topological polar surface area (TPSA) is 55.0 Å². The molecule has 0 spiro atoms. The summed E-state index contributed by atoms with van der Waals surface area (Å²) >= 11 is 5.32. The summed E-state index contributed by atoms with van der Waals surface area (Å²) in [5.74, 6) is 0.782. The van der Waals surface area contributed by atoms with Crippen molar-refractivity contribution in [2.24, 2.45) is 0 Å². The first-order valence-corrected chi connectivity index (χ1v) is 9.50. The molecule has 0 unspecified atom stereocenters. The van der Waals surface area contributed by atoms with Crippen molar-refractivity contribution in [2.75, 3.05) is 12.3 Å². The van der Waals surface area contributed by atoms with E-state index in [2.05, 4.69) is 37.3 Å². The van der Waals surface area contributed by atoms with E-state index in [4.69, 9.17) is 10.7 Å². The summed E-state index contributed by atoms with van der Waals surface area (Å²) in [7, 11) is 0. The molecule has 0 fully saturated rings. The molecule has 0 atom stereocenters. The largest absolute Gasteiger partial charge is 0.399 e. The minimum Gasteiger partial charge on any atom is -0.399 e. The quantitative estimate of drug-likeness (QED) is 0.672. The van der Waals surface area contributed by atoms with Crippen LogP contribution in [0.5, 0.6) is 0 Å². The Morgan fingerprint density at radius 2 is 2.08 bits per heavy atom. The van der Waals surface area contributed by atoms with Gasteiger partial charge in [0.05, 0.1) is 5.69 Å². The molecule has 3 heterocycles. The molecule has 2 N–H and O–H groups in total. The second kappa shape index (κ2) is 6.63. The van der Waals surface area contributed by atoms with Crippen LogP contribution in [-0.4, -0.2) is 21.4 Å². The number of anilines is 1. The van der Waals surface area contributed by atoms with Gasteiger partial charge in [-0.15, -0.1) is 11.3 Å². The Morgan fingerprint density at radius 1 is 1.25 bits per heavy atom. The van der Waals surface area contributed by atoms with Gasteiger partial charge in [0.25, 0.3) is 0 Å². The molecule has 0 saturated carbocycles. The first-order valence-electron chi connectivity index (χ1n) is 7.83. The minimum atomic E-state index is 0.757. The second-order valence-electron chi connectivity index (χ2n) is 5.98. The Labute approximate surface area is 153 Å². The maximum Gasteiger partial charge on any atom is 0.159 e. The summed E-state index contributed by atoms with van der Waals surface area (Å²) in [6.45, 7) is 2.92. The zero-order chi connectivity index (χ0) is 16.5. The maximum absolute atomic E-state index is 5.75. The molecule has 0 radical (unpaired) electrons. The van der Waals surface area contributed by atoms with Gasteiger partial charge < -0.3 is 5.73 Å². The lowest BCUT2D eigenvalue weighted by Gasteiger charge is -2.27. The van der Waals surface area contributed by atoms with Crippen molar-refractivity contribution < 1.29 is 0 Å². The number of hydrogen-bond acceptors (Lipinski definition) is 5. The minimum absolute atomic E-state index is 0.757. The molecule has 4 nitrogen and oxygen atoms in total. The van der Waals surface area contributed by atoms with Crippen molar-refractivity contribution >= 4 is 33.0 Å². The van der Waals surface area contributed by atoms with Crippen molar-refractivity contribution in [3.8, 4) is 11.4 Å². The van der Waals surface area contributed by atoms with Crippen molar-refractivity contribution in [1.29, 1.82) is 0 Å². The van der Waals surface area contributed by atoms with Gasteiger partial charge in [0.2, 0.25) is 0 Å². The summed E-state index contributed by atoms with van der Waals surface area (Å²) in [5, 5.41) is 2.13. The first-order chi connectivity index (χ1) is 11.7. The molecule has 0 bridgehead atoms. The highest BCUT2D eigenvalue weighted by Gasteiger charge is 2.19. The molecule has 1 aliphatic heterocycles. The van der Waals surface area contributed by atoms with Gasteiger partial charge in [-0.05, 0) is 46.3 Å². The van der Waals surface area contributed by atoms with Crippen LogP contribution >= 0.6 is 27.3 Å². The zero-order valence-electron chi connectivity index (χ0n) is 13.1. The maximum atomic E-state index is 5.75. The Bertz CT molecular complexity index is 860. The third kappa shape index (κ3) is 3.36. The van der Waals surface area contributed by atoms with E-state index in [9.17, 15) is 0 Å². The molecule has 24 heavy (non-hydrogen) atoms. The molecule has 6 heteroatoms. The molecule has 122 valence electrons. The molecule has 1 aliphatic rings. The Balaban J connectivity index is 1.52. The number of fused-ring (bicyclic) bond motifs is 1. The summed E-state index contributed by atoms with van der Waals surface area (Å²) < 4.78 is 1.16. The third-order valence-corrected chi connectivity index (χ3v) is 5.87. The van der Waals surface area contributed by atoms with Crippen LogP contribution in [-0.2, 0) is 19.5 Å². The van der Waals surface area contributed by atoms with Gasteiger partial charge in [-0.25, -0.2) is 9.97 Å². The predicted molar refractivity (Wildman–Crippen MR) is 102 cm³/mol. The molecule has 0 amide bonds. The number of benzene rings is 1. The Morgan fingerprint density at radius 3 is 2.83 bits per heavy atom. The molecule has 0 saturated heterocycles. The molecular formula is C18H17BrN4S. The van der Waals surface area contributed by atoms with Gasteiger partial charge in [-0.1, -0.05) is 0 Å². The Hall–Kier alpha value is -1.76. The van der Waals surface area contributed by atoms with Crippen LogP contribution in [0, 0.1) is 0 Å². The number of hydrogen-bond donors (Lipinski definition) is 1. The van der Waals surface area contributed by atoms with E-state index in [-0.39, 0.29) is 0 Å². The van der Waals surface area contributed by atoms with Gasteiger partial charge in [-0.2, -0.15) is 0 Å². The number of nitrogens with zero attached hydrogens (tertiary/aromatic N) is 3. The van der Waals surface area contributed by atoms with Gasteiger partial charge in [-0.3, -0.25) is 4.90 Å². The average molecular weight is 401 g/mol. The number of halogens is 1. The van der Waals surface area contributed by atoms with Crippen LogP contribution < -0.4 is 5.73 Å². The number of thiophene rings is 1. The normalized spacial score (nSPS) is 14.5. The lowest BCUT2D eigenvalue weighted by Crippen LogP contribution is -2.30. The highest BCUT2D eigenvalue weighted by Crippen LogP contribution is 2.25. The standard InChI is InChI=1S/C18H17BrN4S/c19-14-7-16(24-11-14)10-23-6-5-17-13(9-23)8-21-18(22-17)12-1-3-15(20)4-2-12/h1-4,7-8,11H,5-6,9-10,20H2. The monoisotopic (exact) mass is 400 g/mol. The van der Waals surface area contributed by atoms with E-state index in [0.29, 0.717) is 0 Å². The molecule has 3 aromatic rings. The van der Waals surface area contributed by atoms with Crippen LogP contribution in [0.15, 0.2) is 46.4 Å². The van der Waals surface area contributed by atoms with E-state index in [1.54, 1.807) is 11.3 Å². The van der Waals surface area contributed by atoms with E-state index >= 15 is 0 Å². The van der Waals surface area contributed by atoms with Gasteiger partial charge in [0.1, 0.15) is 0 Å². The fourth-order valence-electron chi connectivity index (χ4n) is 2.94. The molecule has 4 rings (SSSR count). The molecule has 1 aromatic carbocycles. The van der Waals surface area contributed by atoms with Gasteiger partial charge in [0, 0.05) is 63.8 Å². The lowest BCUT2D eigenvalue weighted by atomic mass is 10.1. The SMILES string of the molecule is Nc1ccc(-c2ncc3c(n2)CCN(Cc2cc(Br)cs2)C3)cc1. The van der Waals surface area contributed by atoms with Crippen molar-refractivity contribution in [1.82, 2.24) is 14.9 Å². The van der Waals surface area contributed by atoms with Crippen LogP contribution in [0.4, 0.5) is 5.69 Å². The van der Waals surface area contributed by atoms with E-state index < -0.39 is 0 Å². The lowest BCUT2D eigenvalue weighted by molar-refractivity contribution is 0.245. The van der Waals surface area contributed by atoms with Crippen LogP contribution in [0.25, 0.3) is 11.4 Å². The number of rotatable bonds is 3. The number of aromatic nitrogens is 2. The molecule has 2 aromatic heterocycles. The third-order valence-electron chi connectivity index (χ3n) is 4.18. The zero-order valence-corrected chi connectivity index (χ0v) is 15.5. The fraction of sp³-hybridized carbons (Fsp3) is 0.222. The van der Waals surface area contributed by atoms with Crippen LogP contribution in [0.3, 0.4) is 0 Å². The van der Waals surface area contributed by atoms with Gasteiger partial charge in [0.15, 0.2) is 5.82 Å². The average Bonchev–Trinajstić information content (AvgIpc) is 3.00. The van der Waals surface area contributed by atoms with Crippen molar-refractivity contribution in [3.63, 3.8) is 0 Å². The summed E-state index contributed by atoms with van der Waals surface area (Å²) in [4.78, 5) is 13.2. The van der Waals surface area contributed by atoms with E-state index in [1.165, 1.54) is 16.1 Å². The predicted octanol–water partition coefficient (Wildman–Crippen LogP) is 4.11. The molecular weight excluding hydrogens is 384 g/mol. The van der Waals surface area contributed by atoms with Gasteiger partial charge >= 0.3 is 0 Å². The highest BCUT2D eigenvalue weighted by atomic mass is 79.9. The second-order valence-corrected chi connectivity index (χ2v) is 7.89. The summed E-state index contributed by atoms with van der Waals surface area (Å²) in [5.41, 5.74) is 9.92. The summed E-state index contributed by atoms with van der Waals surface area (Å²) in [6, 6.07) is 9.92. The first kappa shape index (κ1) is 15.7. The summed E-state index contributed by atoms with van der Waals surface area (Å²) in [6.07, 6.45) is 2.94. The highest BCUT2D eigenvalue weighted by molar-refractivity contribution is 9.10. The van der Waals surface area contributed by atoms with Crippen LogP contribution in [0.2, 0.25) is 0 Å². The van der Waals surface area contributed by atoms with Crippen molar-refractivity contribution in [2.45, 2.75) is 19.5 Å². The number of nitrogen functional groups attached to an aromatic ring is 1. The number of nitrogens with two attached hydrogens (primary N) is 1. The van der Waals surface area contributed by atoms with Crippen molar-refractivity contribution in [3.05, 3.63) is 62.5 Å². The Kier molecular flexibility index (Phi) is 4.35. The van der Waals surface area contributed by atoms with E-state index in [0.717, 1.165) is 47.6 Å².